The van der Waals surface area contributed by atoms with Gasteiger partial charge < -0.3 is 0 Å². The van der Waals surface area contributed by atoms with E-state index in [1.54, 1.807) is 6.07 Å². The van der Waals surface area contributed by atoms with Crippen molar-refractivity contribution in [1.29, 1.82) is 0 Å². The number of rotatable bonds is 0. The molecule has 2 aromatic rings. The number of nitrogens with zero attached hydrogens (tertiary/aromatic N) is 2. The van der Waals surface area contributed by atoms with E-state index < -0.39 is 0 Å². The van der Waals surface area contributed by atoms with Gasteiger partial charge in [-0.25, -0.2) is 9.97 Å². The Labute approximate surface area is 66.4 Å². The summed E-state index contributed by atoms with van der Waals surface area (Å²) in [7, 11) is 0. The van der Waals surface area contributed by atoms with Crippen molar-refractivity contribution in [1.82, 2.24) is 9.97 Å². The molecule has 2 aromatic heterocycles. The number of thiophene rings is 1. The molecule has 0 fully saturated rings. The molecule has 0 aliphatic heterocycles. The van der Waals surface area contributed by atoms with Crippen molar-refractivity contribution in [2.45, 2.75) is 0 Å². The average Bonchev–Trinajstić information content (AvgIpc) is 2.40. The zero-order valence-electron chi connectivity index (χ0n) is 5.52. The first-order valence-corrected chi connectivity index (χ1v) is 3.94. The van der Waals surface area contributed by atoms with Crippen molar-refractivity contribution in [3.8, 4) is 0 Å². The molecule has 0 bridgehead atoms. The lowest BCUT2D eigenvalue weighted by Crippen LogP contribution is -1.98. The zero-order valence-corrected chi connectivity index (χ0v) is 6.34. The Balaban J connectivity index is 3.09. The van der Waals surface area contributed by atoms with Gasteiger partial charge >= 0.3 is 0 Å². The summed E-state index contributed by atoms with van der Waals surface area (Å²) in [5, 5.41) is 2.43. The molecular formula is C7H4N2OS. The normalized spacial score (nSPS) is 10.2. The van der Waals surface area contributed by atoms with Crippen molar-refractivity contribution in [3.05, 3.63) is 34.2 Å². The molecule has 11 heavy (non-hydrogen) atoms. The topological polar surface area (TPSA) is 42.9 Å². The molecule has 0 N–H and O–H groups in total. The maximum atomic E-state index is 11.1. The van der Waals surface area contributed by atoms with E-state index >= 15 is 0 Å². The van der Waals surface area contributed by atoms with Gasteiger partial charge in [0.2, 0.25) is 0 Å². The molecule has 0 unspecified atom stereocenters. The minimum Gasteiger partial charge on any atom is -0.267 e. The predicted molar refractivity (Wildman–Crippen MR) is 43.7 cm³/mol. The van der Waals surface area contributed by atoms with E-state index in [-0.39, 0.29) is 5.56 Å². The van der Waals surface area contributed by atoms with Gasteiger partial charge in [-0.2, -0.15) is 0 Å². The van der Waals surface area contributed by atoms with Crippen LogP contribution in [0.3, 0.4) is 0 Å². The maximum Gasteiger partial charge on any atom is 0.280 e. The lowest BCUT2D eigenvalue weighted by molar-refractivity contribution is 1.28. The third-order valence-electron chi connectivity index (χ3n) is 1.33. The molecule has 2 heterocycles. The van der Waals surface area contributed by atoms with Crippen LogP contribution in [0.5, 0.6) is 0 Å². The van der Waals surface area contributed by atoms with Crippen molar-refractivity contribution in [2.24, 2.45) is 0 Å². The highest BCUT2D eigenvalue weighted by Crippen LogP contribution is 2.11. The van der Waals surface area contributed by atoms with Crippen molar-refractivity contribution >= 4 is 21.6 Å². The van der Waals surface area contributed by atoms with Crippen LogP contribution in [0.15, 0.2) is 28.6 Å². The van der Waals surface area contributed by atoms with Gasteiger partial charge in [-0.1, -0.05) is 0 Å². The van der Waals surface area contributed by atoms with Crippen LogP contribution >= 0.6 is 11.3 Å². The standard InChI is InChI=1S/C7H4N2OS/c10-6-5-1-4-11-7(5)9-3-2-8-6/h1-4H. The highest BCUT2D eigenvalue weighted by molar-refractivity contribution is 7.16. The molecular weight excluding hydrogens is 160 g/mol. The van der Waals surface area contributed by atoms with Gasteiger partial charge in [-0.05, 0) is 11.4 Å². The van der Waals surface area contributed by atoms with Crippen LogP contribution in [0.2, 0.25) is 0 Å². The van der Waals surface area contributed by atoms with Crippen molar-refractivity contribution < 1.29 is 0 Å². The van der Waals surface area contributed by atoms with Gasteiger partial charge in [0.1, 0.15) is 4.83 Å². The Bertz CT molecular complexity index is 437. The first kappa shape index (κ1) is 6.42. The minimum absolute atomic E-state index is 0.209. The summed E-state index contributed by atoms with van der Waals surface area (Å²) in [4.78, 5) is 19.5. The van der Waals surface area contributed by atoms with Crippen molar-refractivity contribution in [2.75, 3.05) is 0 Å². The summed E-state index contributed by atoms with van der Waals surface area (Å²) in [6.45, 7) is 0. The number of aromatic nitrogens is 2. The van der Waals surface area contributed by atoms with Crippen LogP contribution in [-0.4, -0.2) is 9.97 Å². The maximum absolute atomic E-state index is 11.1. The fourth-order valence-electron chi connectivity index (χ4n) is 0.836. The Morgan fingerprint density at radius 1 is 1.27 bits per heavy atom. The average molecular weight is 164 g/mol. The molecule has 0 saturated heterocycles. The molecule has 0 aliphatic rings. The molecule has 0 saturated carbocycles. The second kappa shape index (κ2) is 2.39. The summed E-state index contributed by atoms with van der Waals surface area (Å²) in [6.07, 6.45) is 2.94. The Morgan fingerprint density at radius 3 is 3.00 bits per heavy atom. The SMILES string of the molecule is O=c1nccnc2sccc12. The van der Waals surface area contributed by atoms with E-state index in [1.807, 2.05) is 5.38 Å². The Morgan fingerprint density at radius 2 is 2.09 bits per heavy atom. The summed E-state index contributed by atoms with van der Waals surface area (Å²) in [5.41, 5.74) is -0.209. The molecule has 0 spiro atoms. The molecule has 54 valence electrons. The van der Waals surface area contributed by atoms with Gasteiger partial charge in [0, 0.05) is 12.4 Å². The highest BCUT2D eigenvalue weighted by atomic mass is 32.1. The number of hydrogen-bond acceptors (Lipinski definition) is 4. The predicted octanol–water partition coefficient (Wildman–Crippen LogP) is 1.05. The largest absolute Gasteiger partial charge is 0.280 e. The van der Waals surface area contributed by atoms with Gasteiger partial charge in [0.25, 0.3) is 5.56 Å². The van der Waals surface area contributed by atoms with Crippen LogP contribution in [0.25, 0.3) is 10.2 Å². The molecule has 2 rings (SSSR count). The molecule has 3 nitrogen and oxygen atoms in total. The van der Waals surface area contributed by atoms with Crippen LogP contribution in [0, 0.1) is 0 Å². The number of fused-ring (bicyclic) bond motifs is 1. The molecule has 0 aliphatic carbocycles. The van der Waals surface area contributed by atoms with E-state index in [4.69, 9.17) is 0 Å². The number of hydrogen-bond donors (Lipinski definition) is 0. The minimum atomic E-state index is -0.209. The smallest absolute Gasteiger partial charge is 0.267 e. The van der Waals surface area contributed by atoms with E-state index in [2.05, 4.69) is 9.97 Å². The highest BCUT2D eigenvalue weighted by Gasteiger charge is 1.96. The Hall–Kier alpha value is -1.29. The monoisotopic (exact) mass is 164 g/mol. The van der Waals surface area contributed by atoms with Crippen molar-refractivity contribution in [3.63, 3.8) is 0 Å². The van der Waals surface area contributed by atoms with Gasteiger partial charge in [-0.15, -0.1) is 11.3 Å². The molecule has 0 radical (unpaired) electrons. The summed E-state index contributed by atoms with van der Waals surface area (Å²) >= 11 is 1.44. The zero-order chi connectivity index (χ0) is 7.68. The van der Waals surface area contributed by atoms with E-state index in [1.165, 1.54) is 23.7 Å². The first-order valence-electron chi connectivity index (χ1n) is 3.06. The second-order valence-corrected chi connectivity index (χ2v) is 2.90. The molecule has 0 aromatic carbocycles. The third kappa shape index (κ3) is 1.01. The second-order valence-electron chi connectivity index (χ2n) is 2.00. The first-order chi connectivity index (χ1) is 5.38. The van der Waals surface area contributed by atoms with Gasteiger partial charge in [0.15, 0.2) is 0 Å². The molecule has 0 atom stereocenters. The van der Waals surface area contributed by atoms with Crippen LogP contribution < -0.4 is 5.56 Å². The lowest BCUT2D eigenvalue weighted by atomic mass is 10.4. The summed E-state index contributed by atoms with van der Waals surface area (Å²) in [5.74, 6) is 0. The Kier molecular flexibility index (Phi) is 1.40. The third-order valence-corrected chi connectivity index (χ3v) is 2.15. The molecule has 4 heteroatoms. The molecule has 0 amide bonds. The van der Waals surface area contributed by atoms with Crippen LogP contribution in [-0.2, 0) is 0 Å². The lowest BCUT2D eigenvalue weighted by Gasteiger charge is -1.71. The van der Waals surface area contributed by atoms with E-state index in [9.17, 15) is 4.79 Å². The fraction of sp³-hybridized carbons (Fsp3) is 0. The van der Waals surface area contributed by atoms with Crippen LogP contribution in [0.4, 0.5) is 0 Å². The summed E-state index contributed by atoms with van der Waals surface area (Å²) < 4.78 is 0. The quantitative estimate of drug-likeness (QED) is 0.584. The summed E-state index contributed by atoms with van der Waals surface area (Å²) in [6, 6.07) is 1.74. The van der Waals surface area contributed by atoms with Gasteiger partial charge in [-0.3, -0.25) is 4.79 Å². The van der Waals surface area contributed by atoms with E-state index in [0.29, 0.717) is 5.39 Å². The fourth-order valence-corrected chi connectivity index (χ4v) is 1.57. The van der Waals surface area contributed by atoms with E-state index in [0.717, 1.165) is 4.83 Å². The van der Waals surface area contributed by atoms with Crippen LogP contribution in [0.1, 0.15) is 0 Å². The van der Waals surface area contributed by atoms with Gasteiger partial charge in [0.05, 0.1) is 5.39 Å².